The Hall–Kier alpha value is -1.16. The predicted molar refractivity (Wildman–Crippen MR) is 70.0 cm³/mol. The summed E-state index contributed by atoms with van der Waals surface area (Å²) in [6.45, 7) is 5.73. The largest absolute Gasteiger partial charge is 0.377 e. The smallest absolute Gasteiger partial charge is 0.148 e. The van der Waals surface area contributed by atoms with Gasteiger partial charge in [-0.3, -0.25) is 4.90 Å². The van der Waals surface area contributed by atoms with Crippen LogP contribution < -0.4 is 0 Å². The van der Waals surface area contributed by atoms with E-state index in [0.29, 0.717) is 0 Å². The second-order valence-corrected chi connectivity index (χ2v) is 5.14. The number of benzene rings is 1. The highest BCUT2D eigenvalue weighted by molar-refractivity contribution is 5.28. The van der Waals surface area contributed by atoms with Gasteiger partial charge >= 0.3 is 0 Å². The Kier molecular flexibility index (Phi) is 2.98. The first-order valence-corrected chi connectivity index (χ1v) is 6.55. The van der Waals surface area contributed by atoms with Crippen molar-refractivity contribution >= 4 is 0 Å². The third-order valence-corrected chi connectivity index (χ3v) is 3.99. The summed E-state index contributed by atoms with van der Waals surface area (Å²) in [6.07, 6.45) is 3.80. The molecule has 3 heteroatoms. The van der Waals surface area contributed by atoms with E-state index in [1.807, 2.05) is 30.3 Å². The van der Waals surface area contributed by atoms with Crippen LogP contribution >= 0.6 is 0 Å². The minimum Gasteiger partial charge on any atom is -0.377 e. The van der Waals surface area contributed by atoms with Gasteiger partial charge in [-0.15, -0.1) is 0 Å². The van der Waals surface area contributed by atoms with E-state index in [-0.39, 0.29) is 12.3 Å². The fraction of sp³-hybridized carbons (Fsp3) is 0.467. The van der Waals surface area contributed by atoms with Crippen LogP contribution in [0.4, 0.5) is 0 Å². The lowest BCUT2D eigenvalue weighted by Gasteiger charge is -2.35. The summed E-state index contributed by atoms with van der Waals surface area (Å²) in [5.74, 6) is 0. The van der Waals surface area contributed by atoms with Crippen LogP contribution in [0.1, 0.15) is 18.4 Å². The molecule has 0 aliphatic carbocycles. The van der Waals surface area contributed by atoms with Crippen LogP contribution in [-0.2, 0) is 10.3 Å². The Morgan fingerprint density at radius 2 is 2.17 bits per heavy atom. The molecule has 2 heterocycles. The maximum absolute atomic E-state index is 11.0. The number of hydrogen-bond donors (Lipinski definition) is 1. The van der Waals surface area contributed by atoms with Crippen LogP contribution in [-0.4, -0.2) is 35.4 Å². The molecule has 2 aliphatic heterocycles. The Balaban J connectivity index is 1.94. The fourth-order valence-electron chi connectivity index (χ4n) is 3.01. The highest BCUT2D eigenvalue weighted by Crippen LogP contribution is 2.37. The van der Waals surface area contributed by atoms with Gasteiger partial charge in [0, 0.05) is 13.1 Å². The summed E-state index contributed by atoms with van der Waals surface area (Å²) in [6, 6.07) is 9.66. The van der Waals surface area contributed by atoms with E-state index in [1.54, 1.807) is 6.08 Å². The summed E-state index contributed by atoms with van der Waals surface area (Å²) < 4.78 is 6.00. The van der Waals surface area contributed by atoms with Gasteiger partial charge in [-0.25, -0.2) is 0 Å². The number of rotatable bonds is 3. The molecule has 4 atom stereocenters. The van der Waals surface area contributed by atoms with Crippen molar-refractivity contribution in [3.05, 3.63) is 48.6 Å². The molecule has 3 rings (SSSR count). The lowest BCUT2D eigenvalue weighted by Crippen LogP contribution is -2.47. The van der Waals surface area contributed by atoms with Gasteiger partial charge in [-0.1, -0.05) is 43.0 Å². The molecule has 2 bridgehead atoms. The molecule has 0 saturated carbocycles. The zero-order valence-corrected chi connectivity index (χ0v) is 10.5. The molecule has 0 amide bonds. The molecule has 0 spiro atoms. The zero-order chi connectivity index (χ0) is 12.6. The minimum absolute atomic E-state index is 0.263. The van der Waals surface area contributed by atoms with E-state index >= 15 is 0 Å². The van der Waals surface area contributed by atoms with Gasteiger partial charge < -0.3 is 9.84 Å². The van der Waals surface area contributed by atoms with Gasteiger partial charge in [-0.2, -0.15) is 0 Å². The molecule has 2 fully saturated rings. The van der Waals surface area contributed by atoms with E-state index < -0.39 is 5.60 Å². The van der Waals surface area contributed by atoms with Crippen LogP contribution in [0.5, 0.6) is 0 Å². The van der Waals surface area contributed by atoms with Crippen LogP contribution in [0.15, 0.2) is 43.0 Å². The second kappa shape index (κ2) is 4.50. The SMILES string of the molecule is C=C[C@](O)(c1ccccc1)[C@H]1O[C@@H]2CCCN1C2. The Bertz CT molecular complexity index is 433. The lowest BCUT2D eigenvalue weighted by atomic mass is 9.91. The van der Waals surface area contributed by atoms with Gasteiger partial charge in [-0.05, 0) is 18.4 Å². The maximum atomic E-state index is 11.0. The molecular weight excluding hydrogens is 226 g/mol. The average molecular weight is 245 g/mol. The molecule has 3 nitrogen and oxygen atoms in total. The molecule has 1 aromatic rings. The number of nitrogens with zero attached hydrogens (tertiary/aromatic N) is 1. The molecule has 18 heavy (non-hydrogen) atoms. The summed E-state index contributed by atoms with van der Waals surface area (Å²) >= 11 is 0. The molecule has 0 radical (unpaired) electrons. The summed E-state index contributed by atoms with van der Waals surface area (Å²) in [5, 5.41) is 11.0. The highest BCUT2D eigenvalue weighted by Gasteiger charge is 2.47. The first kappa shape index (κ1) is 11.9. The van der Waals surface area contributed by atoms with Crippen molar-refractivity contribution in [1.29, 1.82) is 0 Å². The Morgan fingerprint density at radius 1 is 1.39 bits per heavy atom. The predicted octanol–water partition coefficient (Wildman–Crippen LogP) is 1.88. The van der Waals surface area contributed by atoms with Gasteiger partial charge in [0.05, 0.1) is 6.10 Å². The number of fused-ring (bicyclic) bond motifs is 2. The van der Waals surface area contributed by atoms with Crippen molar-refractivity contribution in [2.45, 2.75) is 30.8 Å². The molecule has 2 aliphatic rings. The average Bonchev–Trinajstić information content (AvgIpc) is 2.74. The zero-order valence-electron chi connectivity index (χ0n) is 10.5. The summed E-state index contributed by atoms with van der Waals surface area (Å²) in [7, 11) is 0. The van der Waals surface area contributed by atoms with Crippen molar-refractivity contribution in [2.75, 3.05) is 13.1 Å². The van der Waals surface area contributed by atoms with E-state index in [1.165, 1.54) is 0 Å². The van der Waals surface area contributed by atoms with Crippen molar-refractivity contribution in [3.8, 4) is 0 Å². The number of hydrogen-bond acceptors (Lipinski definition) is 3. The van der Waals surface area contributed by atoms with Gasteiger partial charge in [0.1, 0.15) is 11.8 Å². The van der Waals surface area contributed by atoms with Crippen LogP contribution in [0.3, 0.4) is 0 Å². The molecular formula is C15H19NO2. The number of ether oxygens (including phenoxy) is 1. The molecule has 1 unspecified atom stereocenters. The fourth-order valence-corrected chi connectivity index (χ4v) is 3.01. The first-order valence-electron chi connectivity index (χ1n) is 6.55. The molecule has 1 aromatic carbocycles. The normalized spacial score (nSPS) is 33.9. The quantitative estimate of drug-likeness (QED) is 0.825. The Morgan fingerprint density at radius 3 is 2.83 bits per heavy atom. The molecule has 1 N–H and O–H groups in total. The first-order chi connectivity index (χ1) is 8.74. The van der Waals surface area contributed by atoms with Gasteiger partial charge in [0.25, 0.3) is 0 Å². The third kappa shape index (κ3) is 1.79. The minimum atomic E-state index is -1.12. The van der Waals surface area contributed by atoms with Crippen molar-refractivity contribution in [3.63, 3.8) is 0 Å². The van der Waals surface area contributed by atoms with Gasteiger partial charge in [0.15, 0.2) is 0 Å². The molecule has 96 valence electrons. The van der Waals surface area contributed by atoms with Crippen molar-refractivity contribution < 1.29 is 9.84 Å². The lowest BCUT2D eigenvalue weighted by molar-refractivity contribution is -0.117. The third-order valence-electron chi connectivity index (χ3n) is 3.99. The number of aliphatic hydroxyl groups is 1. The van der Waals surface area contributed by atoms with Crippen LogP contribution in [0.25, 0.3) is 0 Å². The Labute approximate surface area is 108 Å². The molecule has 2 saturated heterocycles. The monoisotopic (exact) mass is 245 g/mol. The van der Waals surface area contributed by atoms with Crippen LogP contribution in [0.2, 0.25) is 0 Å². The highest BCUT2D eigenvalue weighted by atomic mass is 16.5. The van der Waals surface area contributed by atoms with E-state index in [9.17, 15) is 5.11 Å². The van der Waals surface area contributed by atoms with Crippen molar-refractivity contribution in [1.82, 2.24) is 4.90 Å². The van der Waals surface area contributed by atoms with Crippen LogP contribution in [0, 0.1) is 0 Å². The van der Waals surface area contributed by atoms with E-state index in [2.05, 4.69) is 11.5 Å². The van der Waals surface area contributed by atoms with Gasteiger partial charge in [0.2, 0.25) is 0 Å². The summed E-state index contributed by atoms with van der Waals surface area (Å²) in [4.78, 5) is 2.23. The van der Waals surface area contributed by atoms with E-state index in [4.69, 9.17) is 4.74 Å². The molecule has 0 aromatic heterocycles. The second-order valence-electron chi connectivity index (χ2n) is 5.14. The maximum Gasteiger partial charge on any atom is 0.148 e. The van der Waals surface area contributed by atoms with Crippen molar-refractivity contribution in [2.24, 2.45) is 0 Å². The van der Waals surface area contributed by atoms with E-state index in [0.717, 1.165) is 31.5 Å². The number of piperidine rings is 1. The topological polar surface area (TPSA) is 32.7 Å². The standard InChI is InChI=1S/C15H19NO2/c1-2-15(17,12-7-4-3-5-8-12)14-16-10-6-9-13(11-16)18-14/h2-5,7-8,13-14,17H,1,6,9-11H2/t13-,14-,15+/m1/s1. The summed E-state index contributed by atoms with van der Waals surface area (Å²) in [5.41, 5.74) is -0.280.